The second-order valence-corrected chi connectivity index (χ2v) is 6.26. The van der Waals surface area contributed by atoms with Crippen LogP contribution in [0.3, 0.4) is 0 Å². The molecular formula is C16H21N3O2. The van der Waals surface area contributed by atoms with Crippen LogP contribution in [0.2, 0.25) is 0 Å². The van der Waals surface area contributed by atoms with E-state index in [-0.39, 0.29) is 29.8 Å². The van der Waals surface area contributed by atoms with E-state index in [9.17, 15) is 9.59 Å². The van der Waals surface area contributed by atoms with Crippen molar-refractivity contribution in [2.45, 2.75) is 25.4 Å². The molecule has 5 nitrogen and oxygen atoms in total. The normalized spacial score (nSPS) is 36.6. The van der Waals surface area contributed by atoms with E-state index in [1.807, 2.05) is 25.1 Å². The lowest BCUT2D eigenvalue weighted by Crippen LogP contribution is -2.65. The molecule has 21 heavy (non-hydrogen) atoms. The fourth-order valence-electron chi connectivity index (χ4n) is 4.11. The van der Waals surface area contributed by atoms with Crippen LogP contribution in [0.15, 0.2) is 30.3 Å². The van der Waals surface area contributed by atoms with Crippen LogP contribution in [0, 0.1) is 11.8 Å². The average molecular weight is 287 g/mol. The van der Waals surface area contributed by atoms with Crippen LogP contribution in [0.25, 0.3) is 0 Å². The van der Waals surface area contributed by atoms with Crippen LogP contribution in [0.1, 0.15) is 25.5 Å². The number of amides is 3. The molecule has 3 rings (SSSR count). The van der Waals surface area contributed by atoms with Crippen LogP contribution < -0.4 is 10.6 Å². The Morgan fingerprint density at radius 3 is 2.43 bits per heavy atom. The highest BCUT2D eigenvalue weighted by Gasteiger charge is 2.59. The Balaban J connectivity index is 2.04. The summed E-state index contributed by atoms with van der Waals surface area (Å²) in [5, 5.41) is 5.33. The molecule has 0 unspecified atom stereocenters. The summed E-state index contributed by atoms with van der Waals surface area (Å²) in [7, 11) is 2.08. The van der Waals surface area contributed by atoms with Crippen LogP contribution in [0.4, 0.5) is 4.79 Å². The van der Waals surface area contributed by atoms with Crippen LogP contribution >= 0.6 is 0 Å². The van der Waals surface area contributed by atoms with Crippen molar-refractivity contribution in [3.05, 3.63) is 35.9 Å². The molecule has 2 aliphatic rings. The number of rotatable bonds is 1. The SMILES string of the molecule is C[C@@H]1CN(C)[C@H](c2ccccc2)[C@H](C)[C@]12NC(=O)NC2=O. The maximum atomic E-state index is 12.5. The van der Waals surface area contributed by atoms with E-state index in [0.717, 1.165) is 6.54 Å². The summed E-state index contributed by atoms with van der Waals surface area (Å²) in [5.74, 6) is -0.148. The van der Waals surface area contributed by atoms with Gasteiger partial charge in [0, 0.05) is 24.4 Å². The largest absolute Gasteiger partial charge is 0.323 e. The molecule has 1 spiro atoms. The summed E-state index contributed by atoms with van der Waals surface area (Å²) < 4.78 is 0. The summed E-state index contributed by atoms with van der Waals surface area (Å²) >= 11 is 0. The van der Waals surface area contributed by atoms with Gasteiger partial charge in [0.25, 0.3) is 5.91 Å². The molecule has 112 valence electrons. The number of hydrogen-bond donors (Lipinski definition) is 2. The number of urea groups is 1. The van der Waals surface area contributed by atoms with Crippen molar-refractivity contribution in [2.75, 3.05) is 13.6 Å². The maximum absolute atomic E-state index is 12.5. The van der Waals surface area contributed by atoms with Gasteiger partial charge in [0.15, 0.2) is 0 Å². The van der Waals surface area contributed by atoms with Gasteiger partial charge in [-0.25, -0.2) is 4.79 Å². The van der Waals surface area contributed by atoms with E-state index in [2.05, 4.69) is 41.6 Å². The molecule has 2 N–H and O–H groups in total. The minimum Gasteiger partial charge on any atom is -0.323 e. The van der Waals surface area contributed by atoms with E-state index >= 15 is 0 Å². The Kier molecular flexibility index (Phi) is 3.24. The molecular weight excluding hydrogens is 266 g/mol. The third kappa shape index (κ3) is 1.95. The van der Waals surface area contributed by atoms with Crippen molar-refractivity contribution in [1.82, 2.24) is 15.5 Å². The van der Waals surface area contributed by atoms with E-state index < -0.39 is 5.54 Å². The number of carbonyl (C=O) groups is 2. The monoisotopic (exact) mass is 287 g/mol. The lowest BCUT2D eigenvalue weighted by molar-refractivity contribution is -0.132. The van der Waals surface area contributed by atoms with Gasteiger partial charge in [-0.05, 0) is 12.6 Å². The number of hydrogen-bond acceptors (Lipinski definition) is 3. The topological polar surface area (TPSA) is 61.4 Å². The maximum Gasteiger partial charge on any atom is 0.322 e. The van der Waals surface area contributed by atoms with Gasteiger partial charge in [0.2, 0.25) is 0 Å². The first kappa shape index (κ1) is 14.1. The number of piperidine rings is 1. The molecule has 5 heteroatoms. The third-order valence-electron chi connectivity index (χ3n) is 5.07. The Labute approximate surface area is 124 Å². The molecule has 2 heterocycles. The molecule has 0 saturated carbocycles. The molecule has 2 fully saturated rings. The highest BCUT2D eigenvalue weighted by molar-refractivity contribution is 6.07. The summed E-state index contributed by atoms with van der Waals surface area (Å²) in [4.78, 5) is 26.4. The number of nitrogens with one attached hydrogen (secondary N) is 2. The van der Waals surface area contributed by atoms with Crippen molar-refractivity contribution < 1.29 is 9.59 Å². The molecule has 0 aromatic heterocycles. The Bertz CT molecular complexity index is 574. The molecule has 3 amide bonds. The standard InChI is InChI=1S/C16H21N3O2/c1-10-9-19(3)13(12-7-5-4-6-8-12)11(2)16(10)14(20)17-15(21)18-16/h4-8,10-11,13H,9H2,1-3H3,(H2,17,18,20,21)/t10-,11+,13+,16-/m1/s1. The van der Waals surface area contributed by atoms with Gasteiger partial charge in [-0.15, -0.1) is 0 Å². The van der Waals surface area contributed by atoms with E-state index in [1.165, 1.54) is 5.56 Å². The van der Waals surface area contributed by atoms with Crippen LogP contribution in [0.5, 0.6) is 0 Å². The predicted octanol–water partition coefficient (Wildman–Crippen LogP) is 1.52. The summed E-state index contributed by atoms with van der Waals surface area (Å²) in [5.41, 5.74) is 0.358. The average Bonchev–Trinajstić information content (AvgIpc) is 2.74. The summed E-state index contributed by atoms with van der Waals surface area (Å²) in [6.45, 7) is 4.84. The third-order valence-corrected chi connectivity index (χ3v) is 5.07. The minimum atomic E-state index is -0.815. The van der Waals surface area contributed by atoms with Gasteiger partial charge in [-0.3, -0.25) is 15.0 Å². The Morgan fingerprint density at radius 1 is 1.19 bits per heavy atom. The van der Waals surface area contributed by atoms with Crippen molar-refractivity contribution in [3.8, 4) is 0 Å². The summed E-state index contributed by atoms with van der Waals surface area (Å²) in [6, 6.07) is 9.88. The highest BCUT2D eigenvalue weighted by Crippen LogP contribution is 2.44. The molecule has 0 radical (unpaired) electrons. The molecule has 2 aliphatic heterocycles. The van der Waals surface area contributed by atoms with Crippen molar-refractivity contribution >= 4 is 11.9 Å². The van der Waals surface area contributed by atoms with Gasteiger partial charge < -0.3 is 5.32 Å². The zero-order valence-electron chi connectivity index (χ0n) is 12.6. The number of benzene rings is 1. The second-order valence-electron chi connectivity index (χ2n) is 6.26. The number of carbonyl (C=O) groups excluding carboxylic acids is 2. The first-order valence-electron chi connectivity index (χ1n) is 7.35. The van der Waals surface area contributed by atoms with Crippen LogP contribution in [-0.4, -0.2) is 36.0 Å². The lowest BCUT2D eigenvalue weighted by Gasteiger charge is -2.50. The Hall–Kier alpha value is -1.88. The minimum absolute atomic E-state index is 0.0138. The summed E-state index contributed by atoms with van der Waals surface area (Å²) in [6.07, 6.45) is 0. The molecule has 0 aliphatic carbocycles. The van der Waals surface area contributed by atoms with Gasteiger partial charge in [-0.1, -0.05) is 44.2 Å². The molecule has 1 aromatic carbocycles. The smallest absolute Gasteiger partial charge is 0.322 e. The second kappa shape index (κ2) is 4.84. The molecule has 0 bridgehead atoms. The van der Waals surface area contributed by atoms with Crippen molar-refractivity contribution in [1.29, 1.82) is 0 Å². The predicted molar refractivity (Wildman–Crippen MR) is 79.5 cm³/mol. The quantitative estimate of drug-likeness (QED) is 0.770. The fraction of sp³-hybridized carbons (Fsp3) is 0.500. The van der Waals surface area contributed by atoms with Crippen molar-refractivity contribution in [2.24, 2.45) is 11.8 Å². The number of nitrogens with zero attached hydrogens (tertiary/aromatic N) is 1. The van der Waals surface area contributed by atoms with E-state index in [0.29, 0.717) is 0 Å². The zero-order chi connectivity index (χ0) is 15.2. The van der Waals surface area contributed by atoms with Crippen molar-refractivity contribution in [3.63, 3.8) is 0 Å². The van der Waals surface area contributed by atoms with Crippen LogP contribution in [-0.2, 0) is 4.79 Å². The number of imide groups is 1. The highest BCUT2D eigenvalue weighted by atomic mass is 16.2. The molecule has 1 aromatic rings. The van der Waals surface area contributed by atoms with Gasteiger partial charge in [0.1, 0.15) is 5.54 Å². The van der Waals surface area contributed by atoms with Gasteiger partial charge in [0.05, 0.1) is 0 Å². The Morgan fingerprint density at radius 2 is 1.86 bits per heavy atom. The van der Waals surface area contributed by atoms with E-state index in [1.54, 1.807) is 0 Å². The van der Waals surface area contributed by atoms with Gasteiger partial charge >= 0.3 is 6.03 Å². The molecule has 4 atom stereocenters. The van der Waals surface area contributed by atoms with Gasteiger partial charge in [-0.2, -0.15) is 0 Å². The zero-order valence-corrected chi connectivity index (χ0v) is 12.6. The fourth-order valence-corrected chi connectivity index (χ4v) is 4.11. The lowest BCUT2D eigenvalue weighted by atomic mass is 9.67. The van der Waals surface area contributed by atoms with E-state index in [4.69, 9.17) is 0 Å². The first-order valence-corrected chi connectivity index (χ1v) is 7.35. The first-order chi connectivity index (χ1) is 9.96. The molecule has 2 saturated heterocycles. The number of likely N-dealkylation sites (tertiary alicyclic amines) is 1.